The molecule has 15 heavy (non-hydrogen) atoms. The summed E-state index contributed by atoms with van der Waals surface area (Å²) >= 11 is 6.25. The van der Waals surface area contributed by atoms with Crippen molar-refractivity contribution in [2.75, 3.05) is 0 Å². The molecule has 0 aliphatic heterocycles. The predicted octanol–water partition coefficient (Wildman–Crippen LogP) is 4.16. The summed E-state index contributed by atoms with van der Waals surface area (Å²) in [5.41, 5.74) is 2.19. The van der Waals surface area contributed by atoms with E-state index in [9.17, 15) is 0 Å². The molecule has 0 amide bonds. The number of hydrogen-bond acceptors (Lipinski definition) is 1. The molecule has 1 aliphatic carbocycles. The molecule has 0 N–H and O–H groups in total. The topological polar surface area (TPSA) is 12.9 Å². The summed E-state index contributed by atoms with van der Waals surface area (Å²) in [5, 5.41) is 1.89. The van der Waals surface area contributed by atoms with Gasteiger partial charge in [-0.2, -0.15) is 0 Å². The molecule has 1 heterocycles. The standard InChI is InChI=1S/C13H12ClN/c14-11-8-13(9-4-3-5-9)15-12-7-2-1-6-10(11)12/h1-2,6-9H,3-5H2. The highest BCUT2D eigenvalue weighted by Crippen LogP contribution is 2.37. The van der Waals surface area contributed by atoms with E-state index in [2.05, 4.69) is 4.98 Å². The van der Waals surface area contributed by atoms with Crippen LogP contribution in [0.4, 0.5) is 0 Å². The largest absolute Gasteiger partial charge is 0.252 e. The third-order valence-electron chi connectivity index (χ3n) is 3.21. The van der Waals surface area contributed by atoms with Crippen molar-refractivity contribution in [3.8, 4) is 0 Å². The average molecular weight is 218 g/mol. The van der Waals surface area contributed by atoms with Gasteiger partial charge in [-0.1, -0.05) is 36.2 Å². The Morgan fingerprint density at radius 3 is 2.73 bits per heavy atom. The number of pyridine rings is 1. The van der Waals surface area contributed by atoms with Gasteiger partial charge in [0.1, 0.15) is 0 Å². The van der Waals surface area contributed by atoms with Crippen LogP contribution in [0.5, 0.6) is 0 Å². The summed E-state index contributed by atoms with van der Waals surface area (Å²) in [4.78, 5) is 4.67. The summed E-state index contributed by atoms with van der Waals surface area (Å²) < 4.78 is 0. The SMILES string of the molecule is Clc1cc(C2CCC2)nc2ccccc12. The fraction of sp³-hybridized carbons (Fsp3) is 0.308. The molecule has 1 fully saturated rings. The van der Waals surface area contributed by atoms with Crippen LogP contribution in [0.1, 0.15) is 30.9 Å². The van der Waals surface area contributed by atoms with E-state index in [4.69, 9.17) is 11.6 Å². The van der Waals surface area contributed by atoms with E-state index in [0.29, 0.717) is 5.92 Å². The fourth-order valence-electron chi connectivity index (χ4n) is 2.07. The lowest BCUT2D eigenvalue weighted by Crippen LogP contribution is -2.10. The average Bonchev–Trinajstić information content (AvgIpc) is 2.15. The van der Waals surface area contributed by atoms with Crippen LogP contribution >= 0.6 is 11.6 Å². The van der Waals surface area contributed by atoms with Gasteiger partial charge in [0.25, 0.3) is 0 Å². The van der Waals surface area contributed by atoms with Crippen LogP contribution in [0, 0.1) is 0 Å². The molecule has 3 rings (SSSR count). The number of benzene rings is 1. The summed E-state index contributed by atoms with van der Waals surface area (Å²) in [7, 11) is 0. The predicted molar refractivity (Wildman–Crippen MR) is 63.3 cm³/mol. The zero-order valence-corrected chi connectivity index (χ0v) is 9.17. The number of halogens is 1. The monoisotopic (exact) mass is 217 g/mol. The van der Waals surface area contributed by atoms with Gasteiger partial charge in [0.2, 0.25) is 0 Å². The molecule has 0 atom stereocenters. The molecule has 1 nitrogen and oxygen atoms in total. The highest BCUT2D eigenvalue weighted by molar-refractivity contribution is 6.35. The van der Waals surface area contributed by atoms with Crippen LogP contribution in [-0.2, 0) is 0 Å². The van der Waals surface area contributed by atoms with Gasteiger partial charge in [-0.3, -0.25) is 4.98 Å². The first-order valence-corrected chi connectivity index (χ1v) is 5.77. The van der Waals surface area contributed by atoms with Crippen molar-refractivity contribution in [3.63, 3.8) is 0 Å². The highest BCUT2D eigenvalue weighted by atomic mass is 35.5. The van der Waals surface area contributed by atoms with Gasteiger partial charge in [0.05, 0.1) is 10.5 Å². The molecule has 0 unspecified atom stereocenters. The highest BCUT2D eigenvalue weighted by Gasteiger charge is 2.21. The second-order valence-electron chi connectivity index (χ2n) is 4.17. The quantitative estimate of drug-likeness (QED) is 0.699. The maximum Gasteiger partial charge on any atom is 0.0720 e. The first-order chi connectivity index (χ1) is 7.34. The molecular formula is C13H12ClN. The van der Waals surface area contributed by atoms with Gasteiger partial charge in [0, 0.05) is 17.0 Å². The zero-order chi connectivity index (χ0) is 10.3. The molecule has 2 heteroatoms. The molecule has 0 radical (unpaired) electrons. The minimum absolute atomic E-state index is 0.645. The van der Waals surface area contributed by atoms with Crippen molar-refractivity contribution >= 4 is 22.5 Å². The van der Waals surface area contributed by atoms with E-state index in [1.165, 1.54) is 25.0 Å². The number of para-hydroxylation sites is 1. The molecule has 0 spiro atoms. The molecule has 1 aromatic carbocycles. The first kappa shape index (κ1) is 9.17. The number of aromatic nitrogens is 1. The smallest absolute Gasteiger partial charge is 0.0720 e. The number of rotatable bonds is 1. The Morgan fingerprint density at radius 1 is 1.20 bits per heavy atom. The zero-order valence-electron chi connectivity index (χ0n) is 8.41. The van der Waals surface area contributed by atoms with E-state index < -0.39 is 0 Å². The molecular weight excluding hydrogens is 206 g/mol. The lowest BCUT2D eigenvalue weighted by molar-refractivity contribution is 0.412. The van der Waals surface area contributed by atoms with Crippen LogP contribution in [0.3, 0.4) is 0 Å². The lowest BCUT2D eigenvalue weighted by Gasteiger charge is -2.25. The molecule has 1 aliphatic rings. The lowest BCUT2D eigenvalue weighted by atomic mass is 9.82. The van der Waals surface area contributed by atoms with E-state index in [0.717, 1.165) is 15.9 Å². The van der Waals surface area contributed by atoms with Crippen molar-refractivity contribution in [1.29, 1.82) is 0 Å². The van der Waals surface area contributed by atoms with Gasteiger partial charge in [-0.25, -0.2) is 0 Å². The summed E-state index contributed by atoms with van der Waals surface area (Å²) in [6.07, 6.45) is 3.86. The first-order valence-electron chi connectivity index (χ1n) is 5.40. The fourth-order valence-corrected chi connectivity index (χ4v) is 2.34. The summed E-state index contributed by atoms with van der Waals surface area (Å²) in [5.74, 6) is 0.645. The number of hydrogen-bond donors (Lipinski definition) is 0. The van der Waals surface area contributed by atoms with Crippen LogP contribution in [0.2, 0.25) is 5.02 Å². The van der Waals surface area contributed by atoms with E-state index >= 15 is 0 Å². The molecule has 1 saturated carbocycles. The second-order valence-corrected chi connectivity index (χ2v) is 4.58. The normalized spacial score (nSPS) is 16.6. The minimum Gasteiger partial charge on any atom is -0.252 e. The van der Waals surface area contributed by atoms with Gasteiger partial charge < -0.3 is 0 Å². The third kappa shape index (κ3) is 1.51. The number of fused-ring (bicyclic) bond motifs is 1. The third-order valence-corrected chi connectivity index (χ3v) is 3.52. The summed E-state index contributed by atoms with van der Waals surface area (Å²) in [6.45, 7) is 0. The Balaban J connectivity index is 2.18. The maximum atomic E-state index is 6.25. The molecule has 0 bridgehead atoms. The van der Waals surface area contributed by atoms with Crippen LogP contribution < -0.4 is 0 Å². The maximum absolute atomic E-state index is 6.25. The van der Waals surface area contributed by atoms with Crippen molar-refractivity contribution in [3.05, 3.63) is 41.0 Å². The van der Waals surface area contributed by atoms with Crippen molar-refractivity contribution < 1.29 is 0 Å². The van der Waals surface area contributed by atoms with Crippen LogP contribution in [0.25, 0.3) is 10.9 Å². The van der Waals surface area contributed by atoms with Gasteiger partial charge in [-0.15, -0.1) is 0 Å². The minimum atomic E-state index is 0.645. The molecule has 76 valence electrons. The van der Waals surface area contributed by atoms with Gasteiger partial charge >= 0.3 is 0 Å². The second kappa shape index (κ2) is 3.49. The van der Waals surface area contributed by atoms with Gasteiger partial charge in [-0.05, 0) is 25.0 Å². The Kier molecular flexibility index (Phi) is 2.14. The van der Waals surface area contributed by atoms with Crippen molar-refractivity contribution in [1.82, 2.24) is 4.98 Å². The molecule has 2 aromatic rings. The van der Waals surface area contributed by atoms with Crippen LogP contribution in [0.15, 0.2) is 30.3 Å². The molecule has 0 saturated heterocycles. The van der Waals surface area contributed by atoms with Crippen LogP contribution in [-0.4, -0.2) is 4.98 Å². The van der Waals surface area contributed by atoms with Gasteiger partial charge in [0.15, 0.2) is 0 Å². The van der Waals surface area contributed by atoms with Crippen molar-refractivity contribution in [2.45, 2.75) is 25.2 Å². The Bertz CT molecular complexity index is 503. The number of nitrogens with zero attached hydrogens (tertiary/aromatic N) is 1. The molecule has 1 aromatic heterocycles. The Morgan fingerprint density at radius 2 is 2.00 bits per heavy atom. The van der Waals surface area contributed by atoms with E-state index in [1.54, 1.807) is 0 Å². The van der Waals surface area contributed by atoms with Crippen molar-refractivity contribution in [2.24, 2.45) is 0 Å². The Labute approximate surface area is 94.1 Å². The summed E-state index contributed by atoms with van der Waals surface area (Å²) in [6, 6.07) is 10.1. The van der Waals surface area contributed by atoms with E-state index in [1.807, 2.05) is 30.3 Å². The Hall–Kier alpha value is -1.08. The van der Waals surface area contributed by atoms with E-state index in [-0.39, 0.29) is 0 Å².